The highest BCUT2D eigenvalue weighted by atomic mass is 16.5. The van der Waals surface area contributed by atoms with E-state index >= 15 is 0 Å². The number of rotatable bonds is 8. The highest BCUT2D eigenvalue weighted by molar-refractivity contribution is 6.16. The Kier molecular flexibility index (Phi) is 6.77. The first kappa shape index (κ1) is 22.2. The summed E-state index contributed by atoms with van der Waals surface area (Å²) in [4.78, 5) is 24.9. The summed E-state index contributed by atoms with van der Waals surface area (Å²) in [5.41, 5.74) is 8.85. The van der Waals surface area contributed by atoms with Gasteiger partial charge in [0.1, 0.15) is 23.7 Å². The van der Waals surface area contributed by atoms with E-state index in [1.807, 2.05) is 24.3 Å². The van der Waals surface area contributed by atoms with Gasteiger partial charge in [-0.2, -0.15) is 0 Å². The van der Waals surface area contributed by atoms with E-state index in [0.717, 1.165) is 18.4 Å². The summed E-state index contributed by atoms with van der Waals surface area (Å²) >= 11 is 0. The average molecular weight is 446 g/mol. The number of amides is 1. The minimum atomic E-state index is -0.270. The molecule has 2 heterocycles. The van der Waals surface area contributed by atoms with Crippen molar-refractivity contribution < 1.29 is 9.53 Å². The Balaban J connectivity index is 1.45. The molecule has 1 aliphatic rings. The van der Waals surface area contributed by atoms with Crippen LogP contribution in [-0.4, -0.2) is 39.7 Å². The minimum Gasteiger partial charge on any atom is -0.496 e. The van der Waals surface area contributed by atoms with Crippen molar-refractivity contribution in [3.05, 3.63) is 71.3 Å². The maximum Gasteiger partial charge on any atom is 0.256 e. The second kappa shape index (κ2) is 10.1. The molecule has 0 aliphatic heterocycles. The number of nitrogen functional groups attached to an aromatic ring is 1. The van der Waals surface area contributed by atoms with Crippen molar-refractivity contribution in [3.63, 3.8) is 0 Å². The fourth-order valence-electron chi connectivity index (χ4n) is 3.96. The highest BCUT2D eigenvalue weighted by Crippen LogP contribution is 2.26. The van der Waals surface area contributed by atoms with Crippen LogP contribution in [0, 0.1) is 5.41 Å². The number of pyridine rings is 1. The molecule has 2 aromatic heterocycles. The van der Waals surface area contributed by atoms with Gasteiger partial charge in [-0.1, -0.05) is 37.1 Å². The Morgan fingerprint density at radius 1 is 1.18 bits per heavy atom. The zero-order valence-electron chi connectivity index (χ0n) is 18.5. The first-order chi connectivity index (χ1) is 16.1. The fourth-order valence-corrected chi connectivity index (χ4v) is 3.96. The first-order valence-corrected chi connectivity index (χ1v) is 10.9. The molecule has 0 spiro atoms. The van der Waals surface area contributed by atoms with Crippen LogP contribution in [0.3, 0.4) is 0 Å². The van der Waals surface area contributed by atoms with Crippen LogP contribution in [0.5, 0.6) is 5.75 Å². The standard InChI is InChI=1S/C24H27N7O2/c1-33-19-10-11-27-13-18(19)24(32)28-12-15-6-8-16(9-7-15)21(25)20-22(26)29-14-30-23(20)31-17-4-2-3-5-17/h6-11,13-14,17,25H,2-5,12H2,1H3,(H,28,32)(H3,26,29,30,31). The van der Waals surface area contributed by atoms with Crippen LogP contribution >= 0.6 is 0 Å². The molecule has 5 N–H and O–H groups in total. The predicted octanol–water partition coefficient (Wildman–Crippen LogP) is 3.16. The number of aromatic nitrogens is 3. The quantitative estimate of drug-likeness (QED) is 0.391. The van der Waals surface area contributed by atoms with Crippen molar-refractivity contribution in [1.82, 2.24) is 20.3 Å². The minimum absolute atomic E-state index is 0.254. The van der Waals surface area contributed by atoms with Gasteiger partial charge in [0.25, 0.3) is 5.91 Å². The molecule has 1 aromatic carbocycles. The van der Waals surface area contributed by atoms with Gasteiger partial charge in [-0.3, -0.25) is 15.2 Å². The van der Waals surface area contributed by atoms with Gasteiger partial charge < -0.3 is 21.1 Å². The lowest BCUT2D eigenvalue weighted by molar-refractivity contribution is 0.0947. The van der Waals surface area contributed by atoms with Crippen molar-refractivity contribution >= 4 is 23.3 Å². The Morgan fingerprint density at radius 2 is 1.94 bits per heavy atom. The van der Waals surface area contributed by atoms with E-state index in [1.165, 1.54) is 32.5 Å². The molecule has 0 atom stereocenters. The first-order valence-electron chi connectivity index (χ1n) is 10.9. The average Bonchev–Trinajstić information content (AvgIpc) is 3.35. The molecular formula is C24H27N7O2. The summed E-state index contributed by atoms with van der Waals surface area (Å²) in [6.45, 7) is 0.329. The Bertz CT molecular complexity index is 1140. The molecule has 1 fully saturated rings. The molecular weight excluding hydrogens is 418 g/mol. The number of ether oxygens (including phenoxy) is 1. The summed E-state index contributed by atoms with van der Waals surface area (Å²) in [6.07, 6.45) is 9.02. The molecule has 1 aliphatic carbocycles. The third-order valence-corrected chi connectivity index (χ3v) is 5.76. The molecule has 0 bridgehead atoms. The molecule has 9 nitrogen and oxygen atoms in total. The summed E-state index contributed by atoms with van der Waals surface area (Å²) < 4.78 is 5.21. The smallest absolute Gasteiger partial charge is 0.256 e. The molecule has 4 rings (SSSR count). The number of nitrogens with two attached hydrogens (primary N) is 1. The normalized spacial score (nSPS) is 13.5. The fraction of sp³-hybridized carbons (Fsp3) is 0.292. The van der Waals surface area contributed by atoms with E-state index in [1.54, 1.807) is 12.3 Å². The van der Waals surface area contributed by atoms with Crippen LogP contribution in [-0.2, 0) is 6.54 Å². The third kappa shape index (κ3) is 5.08. The van der Waals surface area contributed by atoms with E-state index in [2.05, 4.69) is 25.6 Å². The maximum absolute atomic E-state index is 12.5. The topological polar surface area (TPSA) is 139 Å². The van der Waals surface area contributed by atoms with Gasteiger partial charge in [0.15, 0.2) is 0 Å². The van der Waals surface area contributed by atoms with Crippen LogP contribution in [0.1, 0.15) is 52.7 Å². The van der Waals surface area contributed by atoms with E-state index in [9.17, 15) is 4.79 Å². The van der Waals surface area contributed by atoms with Crippen LogP contribution in [0.2, 0.25) is 0 Å². The third-order valence-electron chi connectivity index (χ3n) is 5.76. The SMILES string of the molecule is COc1ccncc1C(=O)NCc1ccc(C(=N)c2c(N)ncnc2NC2CCCC2)cc1. The lowest BCUT2D eigenvalue weighted by Crippen LogP contribution is -2.23. The van der Waals surface area contributed by atoms with Crippen LogP contribution in [0.4, 0.5) is 11.6 Å². The number of hydrogen-bond acceptors (Lipinski definition) is 8. The number of anilines is 2. The number of methoxy groups -OCH3 is 1. The zero-order chi connectivity index (χ0) is 23.2. The molecule has 1 amide bonds. The number of hydrogen-bond donors (Lipinski definition) is 4. The Morgan fingerprint density at radius 3 is 2.67 bits per heavy atom. The number of nitrogens with one attached hydrogen (secondary N) is 3. The van der Waals surface area contributed by atoms with Gasteiger partial charge in [0.2, 0.25) is 0 Å². The Labute approximate surface area is 192 Å². The number of carbonyl (C=O) groups excluding carboxylic acids is 1. The monoisotopic (exact) mass is 445 g/mol. The zero-order valence-corrected chi connectivity index (χ0v) is 18.5. The largest absolute Gasteiger partial charge is 0.496 e. The van der Waals surface area contributed by atoms with Crippen molar-refractivity contribution in [2.45, 2.75) is 38.3 Å². The van der Waals surface area contributed by atoms with Gasteiger partial charge >= 0.3 is 0 Å². The maximum atomic E-state index is 12.5. The van der Waals surface area contributed by atoms with Gasteiger partial charge in [0, 0.05) is 30.5 Å². The molecule has 1 saturated carbocycles. The van der Waals surface area contributed by atoms with Crippen LogP contribution < -0.4 is 21.1 Å². The molecule has 0 saturated heterocycles. The number of benzene rings is 1. The number of nitrogens with zero attached hydrogens (tertiary/aromatic N) is 3. The summed E-state index contributed by atoms with van der Waals surface area (Å²) in [5, 5.41) is 15.0. The van der Waals surface area contributed by atoms with E-state index in [-0.39, 0.29) is 17.4 Å². The van der Waals surface area contributed by atoms with Crippen molar-refractivity contribution in [1.29, 1.82) is 5.41 Å². The molecule has 33 heavy (non-hydrogen) atoms. The van der Waals surface area contributed by atoms with Gasteiger partial charge in [-0.05, 0) is 24.5 Å². The highest BCUT2D eigenvalue weighted by Gasteiger charge is 2.21. The number of carbonyl (C=O) groups is 1. The summed E-state index contributed by atoms with van der Waals surface area (Å²) in [5.74, 6) is 1.07. The molecule has 170 valence electrons. The van der Waals surface area contributed by atoms with E-state index in [4.69, 9.17) is 15.9 Å². The second-order valence-electron chi connectivity index (χ2n) is 7.94. The van der Waals surface area contributed by atoms with E-state index < -0.39 is 0 Å². The van der Waals surface area contributed by atoms with Crippen molar-refractivity contribution in [3.8, 4) is 5.75 Å². The lowest BCUT2D eigenvalue weighted by Gasteiger charge is -2.17. The second-order valence-corrected chi connectivity index (χ2v) is 7.94. The van der Waals surface area contributed by atoms with Gasteiger partial charge in [0.05, 0.1) is 23.9 Å². The predicted molar refractivity (Wildman–Crippen MR) is 127 cm³/mol. The van der Waals surface area contributed by atoms with Crippen LogP contribution in [0.15, 0.2) is 49.1 Å². The molecule has 0 unspecified atom stereocenters. The van der Waals surface area contributed by atoms with Gasteiger partial charge in [-0.25, -0.2) is 9.97 Å². The van der Waals surface area contributed by atoms with Crippen molar-refractivity contribution in [2.75, 3.05) is 18.2 Å². The Hall–Kier alpha value is -4.01. The summed E-state index contributed by atoms with van der Waals surface area (Å²) in [6, 6.07) is 9.39. The molecule has 0 radical (unpaired) electrons. The van der Waals surface area contributed by atoms with Gasteiger partial charge in [-0.15, -0.1) is 0 Å². The van der Waals surface area contributed by atoms with Crippen LogP contribution in [0.25, 0.3) is 0 Å². The molecule has 3 aromatic rings. The van der Waals surface area contributed by atoms with Crippen molar-refractivity contribution in [2.24, 2.45) is 0 Å². The lowest BCUT2D eigenvalue weighted by atomic mass is 10.0. The van der Waals surface area contributed by atoms with E-state index in [0.29, 0.717) is 40.8 Å². The summed E-state index contributed by atoms with van der Waals surface area (Å²) in [7, 11) is 1.51. The molecule has 9 heteroatoms.